The molecule has 0 amide bonds. The van der Waals surface area contributed by atoms with Gasteiger partial charge in [-0.05, 0) is 44.1 Å². The third-order valence-electron chi connectivity index (χ3n) is 4.87. The Balaban J connectivity index is 2.24. The molecule has 160 valence electrons. The molecule has 2 aromatic carbocycles. The normalized spacial score (nSPS) is 11.4. The lowest BCUT2D eigenvalue weighted by Gasteiger charge is -2.14. The first-order valence-electron chi connectivity index (χ1n) is 9.61. The van der Waals surface area contributed by atoms with Gasteiger partial charge in [-0.2, -0.15) is 0 Å². The van der Waals surface area contributed by atoms with E-state index in [1.807, 2.05) is 26.8 Å². The van der Waals surface area contributed by atoms with E-state index in [1.165, 1.54) is 13.2 Å². The highest BCUT2D eigenvalue weighted by Gasteiger charge is 2.28. The number of benzene rings is 2. The van der Waals surface area contributed by atoms with Crippen molar-refractivity contribution in [2.75, 3.05) is 13.9 Å². The van der Waals surface area contributed by atoms with Gasteiger partial charge < -0.3 is 13.9 Å². The topological polar surface area (TPSA) is 91.8 Å². The fraction of sp³-hybridized carbons (Fsp3) is 0.208. The molecular weight excluding hydrogens is 398 g/mol. The molecule has 0 saturated carbocycles. The van der Waals surface area contributed by atoms with Gasteiger partial charge in [0.15, 0.2) is 6.79 Å². The average Bonchev–Trinajstić information content (AvgIpc) is 3.10. The number of aryl methyl sites for hydroxylation is 2. The van der Waals surface area contributed by atoms with Crippen LogP contribution in [0.4, 0.5) is 5.69 Å². The van der Waals surface area contributed by atoms with Crippen molar-refractivity contribution < 1.29 is 23.6 Å². The molecule has 0 aliphatic rings. The van der Waals surface area contributed by atoms with Crippen molar-refractivity contribution in [3.8, 4) is 5.75 Å². The quantitative estimate of drug-likeness (QED) is 0.204. The Labute approximate surface area is 180 Å². The van der Waals surface area contributed by atoms with Gasteiger partial charge in [-0.3, -0.25) is 14.9 Å². The lowest BCUT2D eigenvalue weighted by atomic mass is 9.95. The number of carbonyl (C=O) groups excluding carboxylic acids is 1. The summed E-state index contributed by atoms with van der Waals surface area (Å²) in [5.74, 6) is 0.359. The fourth-order valence-corrected chi connectivity index (χ4v) is 3.55. The molecule has 0 N–H and O–H groups in total. The predicted molar refractivity (Wildman–Crippen MR) is 117 cm³/mol. The first-order chi connectivity index (χ1) is 14.8. The van der Waals surface area contributed by atoms with Crippen LogP contribution in [0.15, 0.2) is 53.1 Å². The van der Waals surface area contributed by atoms with Crippen molar-refractivity contribution in [1.29, 1.82) is 0 Å². The Morgan fingerprint density at radius 3 is 2.42 bits per heavy atom. The third-order valence-corrected chi connectivity index (χ3v) is 4.87. The Kier molecular flexibility index (Phi) is 6.67. The van der Waals surface area contributed by atoms with Crippen LogP contribution in [-0.2, 0) is 4.74 Å². The van der Waals surface area contributed by atoms with Gasteiger partial charge in [-0.25, -0.2) is 0 Å². The van der Waals surface area contributed by atoms with Gasteiger partial charge in [-0.15, -0.1) is 0 Å². The lowest BCUT2D eigenvalue weighted by molar-refractivity contribution is -0.385. The average molecular weight is 421 g/mol. The summed E-state index contributed by atoms with van der Waals surface area (Å²) in [7, 11) is 1.44. The molecule has 0 radical (unpaired) electrons. The minimum Gasteiger partial charge on any atom is -0.469 e. The summed E-state index contributed by atoms with van der Waals surface area (Å²) < 4.78 is 16.2. The zero-order valence-corrected chi connectivity index (χ0v) is 17.8. The minimum atomic E-state index is -0.583. The van der Waals surface area contributed by atoms with E-state index in [4.69, 9.17) is 13.9 Å². The number of nitrogens with zero attached hydrogens (tertiary/aromatic N) is 1. The summed E-state index contributed by atoms with van der Waals surface area (Å²) in [6.45, 7) is 5.54. The largest absolute Gasteiger partial charge is 0.469 e. The van der Waals surface area contributed by atoms with Crippen LogP contribution in [0.2, 0.25) is 0 Å². The number of carbonyl (C=O) groups is 1. The Morgan fingerprint density at radius 1 is 1.13 bits per heavy atom. The van der Waals surface area contributed by atoms with Crippen LogP contribution in [0.1, 0.15) is 45.3 Å². The number of ether oxygens (including phenoxy) is 2. The molecule has 0 aliphatic heterocycles. The van der Waals surface area contributed by atoms with Crippen LogP contribution in [0.3, 0.4) is 0 Å². The monoisotopic (exact) mass is 421 g/mol. The van der Waals surface area contributed by atoms with Gasteiger partial charge in [-0.1, -0.05) is 30.3 Å². The molecule has 0 unspecified atom stereocenters. The Hall–Kier alpha value is -3.71. The molecule has 0 saturated heterocycles. The maximum atomic E-state index is 13.3. The second-order valence-corrected chi connectivity index (χ2v) is 7.06. The van der Waals surface area contributed by atoms with Gasteiger partial charge in [0.05, 0.1) is 11.2 Å². The number of furan rings is 1. The first-order valence-corrected chi connectivity index (χ1v) is 9.61. The molecule has 1 heterocycles. The maximum Gasteiger partial charge on any atom is 0.284 e. The van der Waals surface area contributed by atoms with E-state index in [1.54, 1.807) is 42.7 Å². The summed E-state index contributed by atoms with van der Waals surface area (Å²) in [5.41, 5.74) is 3.19. The molecule has 0 aliphatic carbocycles. The molecule has 31 heavy (non-hydrogen) atoms. The van der Waals surface area contributed by atoms with Gasteiger partial charge in [0, 0.05) is 29.9 Å². The van der Waals surface area contributed by atoms with E-state index >= 15 is 0 Å². The summed E-state index contributed by atoms with van der Waals surface area (Å²) in [5, 5.41) is 11.7. The number of ketones is 1. The number of nitro groups is 1. The summed E-state index contributed by atoms with van der Waals surface area (Å²) >= 11 is 0. The van der Waals surface area contributed by atoms with Gasteiger partial charge >= 0.3 is 0 Å². The molecule has 7 nitrogen and oxygen atoms in total. The molecule has 3 aromatic rings. The van der Waals surface area contributed by atoms with E-state index in [-0.39, 0.29) is 23.8 Å². The number of methoxy groups -OCH3 is 1. The number of nitro benzene ring substituents is 1. The molecule has 0 atom stereocenters. The van der Waals surface area contributed by atoms with Gasteiger partial charge in [0.1, 0.15) is 17.1 Å². The highest BCUT2D eigenvalue weighted by molar-refractivity contribution is 6.14. The molecule has 7 heteroatoms. The SMILES string of the molecule is COCOc1c(/C=C(\C)c2c(C)coc2C)ccc([N+](=O)[O-])c1C(=O)c1ccccc1. The molecule has 0 spiro atoms. The smallest absolute Gasteiger partial charge is 0.284 e. The number of hydrogen-bond donors (Lipinski definition) is 0. The van der Waals surface area contributed by atoms with Crippen molar-refractivity contribution in [3.63, 3.8) is 0 Å². The van der Waals surface area contributed by atoms with Crippen molar-refractivity contribution in [1.82, 2.24) is 0 Å². The van der Waals surface area contributed by atoms with Crippen LogP contribution in [-0.4, -0.2) is 24.6 Å². The summed E-state index contributed by atoms with van der Waals surface area (Å²) in [6, 6.07) is 11.3. The van der Waals surface area contributed by atoms with E-state index < -0.39 is 10.7 Å². The lowest BCUT2D eigenvalue weighted by Crippen LogP contribution is -2.11. The Bertz CT molecular complexity index is 1120. The second kappa shape index (κ2) is 9.40. The van der Waals surface area contributed by atoms with Crippen LogP contribution in [0, 0.1) is 24.0 Å². The van der Waals surface area contributed by atoms with Crippen LogP contribution >= 0.6 is 0 Å². The highest BCUT2D eigenvalue weighted by Crippen LogP contribution is 2.37. The van der Waals surface area contributed by atoms with Gasteiger partial charge in [0.25, 0.3) is 5.69 Å². The van der Waals surface area contributed by atoms with Crippen molar-refractivity contribution in [2.45, 2.75) is 20.8 Å². The fourth-order valence-electron chi connectivity index (χ4n) is 3.55. The Morgan fingerprint density at radius 2 is 1.84 bits per heavy atom. The van der Waals surface area contributed by atoms with E-state index in [9.17, 15) is 14.9 Å². The molecule has 1 aromatic heterocycles. The number of rotatable bonds is 8. The first kappa shape index (κ1) is 22.0. The molecular formula is C24H23NO6. The molecule has 0 fully saturated rings. The van der Waals surface area contributed by atoms with Crippen molar-refractivity contribution >= 4 is 23.1 Å². The number of allylic oxidation sites excluding steroid dienone is 1. The third kappa shape index (κ3) is 4.57. The maximum absolute atomic E-state index is 13.3. The van der Waals surface area contributed by atoms with Crippen LogP contribution < -0.4 is 4.74 Å². The van der Waals surface area contributed by atoms with Crippen molar-refractivity contribution in [3.05, 3.63) is 92.4 Å². The zero-order valence-electron chi connectivity index (χ0n) is 17.8. The molecule has 0 bridgehead atoms. The van der Waals surface area contributed by atoms with Crippen LogP contribution in [0.5, 0.6) is 5.75 Å². The van der Waals surface area contributed by atoms with Crippen molar-refractivity contribution in [2.24, 2.45) is 0 Å². The van der Waals surface area contributed by atoms with E-state index in [0.717, 1.165) is 22.5 Å². The van der Waals surface area contributed by atoms with E-state index in [0.29, 0.717) is 11.1 Å². The van der Waals surface area contributed by atoms with Gasteiger partial charge in [0.2, 0.25) is 5.78 Å². The standard InChI is InChI=1S/C24H23NO6/c1-15(21-16(2)13-30-17(21)3)12-19-10-11-20(25(27)28)22(24(19)31-14-29-4)23(26)18-8-6-5-7-9-18/h5-13H,14H2,1-4H3/b15-12+. The summed E-state index contributed by atoms with van der Waals surface area (Å²) in [6.07, 6.45) is 3.49. The van der Waals surface area contributed by atoms with E-state index in [2.05, 4.69) is 0 Å². The highest BCUT2D eigenvalue weighted by atomic mass is 16.7. The predicted octanol–water partition coefficient (Wildman–Crippen LogP) is 5.58. The number of hydrogen-bond acceptors (Lipinski definition) is 6. The zero-order chi connectivity index (χ0) is 22.5. The minimum absolute atomic E-state index is 0.100. The summed E-state index contributed by atoms with van der Waals surface area (Å²) in [4.78, 5) is 24.4. The van der Waals surface area contributed by atoms with Crippen LogP contribution in [0.25, 0.3) is 11.6 Å². The molecule has 3 rings (SSSR count). The second-order valence-electron chi connectivity index (χ2n) is 7.06.